The number of hydrogen-bond acceptors (Lipinski definition) is 2. The van der Waals surface area contributed by atoms with Gasteiger partial charge in [-0.25, -0.2) is 0 Å². The minimum absolute atomic E-state index is 0.750. The van der Waals surface area contributed by atoms with Gasteiger partial charge in [0.05, 0.1) is 0 Å². The lowest BCUT2D eigenvalue weighted by atomic mass is 9.86. The molecule has 2 aliphatic rings. The molecule has 2 rings (SSSR count). The predicted octanol–water partition coefficient (Wildman–Crippen LogP) is 2.64. The summed E-state index contributed by atoms with van der Waals surface area (Å²) in [5.74, 6) is 1.06. The van der Waals surface area contributed by atoms with Crippen molar-refractivity contribution in [3.05, 3.63) is 0 Å². The molecule has 0 radical (unpaired) electrons. The van der Waals surface area contributed by atoms with E-state index < -0.39 is 0 Å². The monoisotopic (exact) mass is 224 g/mol. The lowest BCUT2D eigenvalue weighted by Crippen LogP contribution is -2.49. The molecule has 1 aliphatic carbocycles. The van der Waals surface area contributed by atoms with Gasteiger partial charge in [0.25, 0.3) is 0 Å². The summed E-state index contributed by atoms with van der Waals surface area (Å²) in [6, 6.07) is 0.750. The van der Waals surface area contributed by atoms with Crippen molar-refractivity contribution >= 4 is 0 Å². The van der Waals surface area contributed by atoms with Crippen LogP contribution >= 0.6 is 0 Å². The molecule has 0 aromatic carbocycles. The van der Waals surface area contributed by atoms with Crippen molar-refractivity contribution in [2.75, 3.05) is 26.2 Å². The third-order valence-corrected chi connectivity index (χ3v) is 4.42. The largest absolute Gasteiger partial charge is 0.314 e. The highest BCUT2D eigenvalue weighted by molar-refractivity contribution is 4.76. The Morgan fingerprint density at radius 1 is 1.19 bits per heavy atom. The average molecular weight is 224 g/mol. The summed E-state index contributed by atoms with van der Waals surface area (Å²) < 4.78 is 0. The van der Waals surface area contributed by atoms with Crippen LogP contribution in [0, 0.1) is 5.92 Å². The number of hydrogen-bond donors (Lipinski definition) is 1. The summed E-state index contributed by atoms with van der Waals surface area (Å²) in [6.07, 6.45) is 10.4. The third kappa shape index (κ3) is 3.74. The van der Waals surface area contributed by atoms with Crippen molar-refractivity contribution in [3.63, 3.8) is 0 Å². The van der Waals surface area contributed by atoms with Gasteiger partial charge in [0.15, 0.2) is 0 Å². The fourth-order valence-corrected chi connectivity index (χ4v) is 3.27. The topological polar surface area (TPSA) is 15.3 Å². The van der Waals surface area contributed by atoms with Crippen molar-refractivity contribution < 1.29 is 0 Å². The molecule has 1 aliphatic heterocycles. The molecule has 0 spiro atoms. The summed E-state index contributed by atoms with van der Waals surface area (Å²) in [7, 11) is 0. The predicted molar refractivity (Wildman–Crippen MR) is 69.7 cm³/mol. The van der Waals surface area contributed by atoms with E-state index >= 15 is 0 Å². The van der Waals surface area contributed by atoms with Gasteiger partial charge < -0.3 is 5.32 Å². The van der Waals surface area contributed by atoms with Crippen LogP contribution in [-0.2, 0) is 0 Å². The first-order chi connectivity index (χ1) is 7.86. The molecule has 94 valence electrons. The van der Waals surface area contributed by atoms with E-state index in [9.17, 15) is 0 Å². The highest BCUT2D eigenvalue weighted by Crippen LogP contribution is 2.27. The van der Waals surface area contributed by atoms with Crippen molar-refractivity contribution in [2.24, 2.45) is 5.92 Å². The van der Waals surface area contributed by atoms with Crippen molar-refractivity contribution in [1.29, 1.82) is 0 Å². The van der Waals surface area contributed by atoms with Crippen LogP contribution in [0.4, 0.5) is 0 Å². The smallest absolute Gasteiger partial charge is 0.0192 e. The van der Waals surface area contributed by atoms with Gasteiger partial charge in [0, 0.05) is 25.7 Å². The van der Waals surface area contributed by atoms with Crippen LogP contribution in [0.2, 0.25) is 0 Å². The Morgan fingerprint density at radius 3 is 2.75 bits per heavy atom. The zero-order chi connectivity index (χ0) is 11.2. The molecule has 1 N–H and O–H groups in total. The highest BCUT2D eigenvalue weighted by Gasteiger charge is 2.18. The van der Waals surface area contributed by atoms with Crippen LogP contribution in [-0.4, -0.2) is 37.1 Å². The van der Waals surface area contributed by atoms with Gasteiger partial charge >= 0.3 is 0 Å². The normalized spacial score (nSPS) is 29.4. The van der Waals surface area contributed by atoms with Gasteiger partial charge in [-0.15, -0.1) is 0 Å². The summed E-state index contributed by atoms with van der Waals surface area (Å²) in [6.45, 7) is 7.31. The molecule has 2 nitrogen and oxygen atoms in total. The fraction of sp³-hybridized carbons (Fsp3) is 1.00. The molecule has 0 amide bonds. The van der Waals surface area contributed by atoms with Crippen molar-refractivity contribution in [3.8, 4) is 0 Å². The number of nitrogens with one attached hydrogen (secondary N) is 1. The summed E-state index contributed by atoms with van der Waals surface area (Å²) in [5.41, 5.74) is 0. The second-order valence-electron chi connectivity index (χ2n) is 5.74. The van der Waals surface area contributed by atoms with Crippen molar-refractivity contribution in [1.82, 2.24) is 10.2 Å². The maximum absolute atomic E-state index is 3.46. The molecule has 1 saturated heterocycles. The Labute approximate surface area is 101 Å². The molecule has 0 bridgehead atoms. The fourth-order valence-electron chi connectivity index (χ4n) is 3.27. The molecule has 2 fully saturated rings. The number of rotatable bonds is 4. The molecular formula is C14H28N2. The molecule has 0 aromatic heterocycles. The molecule has 1 heterocycles. The van der Waals surface area contributed by atoms with Crippen LogP contribution in [0.3, 0.4) is 0 Å². The van der Waals surface area contributed by atoms with Crippen LogP contribution in [0.5, 0.6) is 0 Å². The molecule has 16 heavy (non-hydrogen) atoms. The molecular weight excluding hydrogens is 196 g/mol. The second kappa shape index (κ2) is 6.61. The Bertz CT molecular complexity index is 187. The average Bonchev–Trinajstić information content (AvgIpc) is 2.33. The van der Waals surface area contributed by atoms with Gasteiger partial charge in [0.1, 0.15) is 0 Å². The van der Waals surface area contributed by atoms with Crippen LogP contribution in [0.1, 0.15) is 51.9 Å². The Hall–Kier alpha value is -0.0800. The Balaban J connectivity index is 1.59. The van der Waals surface area contributed by atoms with Crippen LogP contribution < -0.4 is 5.32 Å². The van der Waals surface area contributed by atoms with E-state index in [1.165, 1.54) is 71.1 Å². The lowest BCUT2D eigenvalue weighted by Gasteiger charge is -2.34. The first-order valence-corrected chi connectivity index (χ1v) is 7.31. The van der Waals surface area contributed by atoms with E-state index in [4.69, 9.17) is 0 Å². The van der Waals surface area contributed by atoms with E-state index in [1.54, 1.807) is 0 Å². The molecule has 1 saturated carbocycles. The standard InChI is InChI=1S/C14H28N2/c1-13-12-15-9-11-16(13)10-5-8-14-6-3-2-4-7-14/h13-15H,2-12H2,1H3. The summed E-state index contributed by atoms with van der Waals surface area (Å²) >= 11 is 0. The maximum Gasteiger partial charge on any atom is 0.0192 e. The summed E-state index contributed by atoms with van der Waals surface area (Å²) in [5, 5.41) is 3.46. The number of piperazine rings is 1. The quantitative estimate of drug-likeness (QED) is 0.790. The second-order valence-corrected chi connectivity index (χ2v) is 5.74. The number of nitrogens with zero attached hydrogens (tertiary/aromatic N) is 1. The summed E-state index contributed by atoms with van der Waals surface area (Å²) in [4.78, 5) is 2.67. The Kier molecular flexibility index (Phi) is 5.11. The zero-order valence-electron chi connectivity index (χ0n) is 10.9. The lowest BCUT2D eigenvalue weighted by molar-refractivity contribution is 0.165. The van der Waals surface area contributed by atoms with Crippen LogP contribution in [0.15, 0.2) is 0 Å². The molecule has 0 aromatic rings. The first-order valence-electron chi connectivity index (χ1n) is 7.31. The SMILES string of the molecule is CC1CNCCN1CCCC1CCCCC1. The van der Waals surface area contributed by atoms with Gasteiger partial charge in [-0.1, -0.05) is 32.1 Å². The van der Waals surface area contributed by atoms with Gasteiger partial charge in [0.2, 0.25) is 0 Å². The molecule has 1 unspecified atom stereocenters. The molecule has 1 atom stereocenters. The molecule has 2 heteroatoms. The van der Waals surface area contributed by atoms with Gasteiger partial charge in [-0.2, -0.15) is 0 Å². The first kappa shape index (κ1) is 12.4. The van der Waals surface area contributed by atoms with E-state index in [0.717, 1.165) is 12.0 Å². The zero-order valence-corrected chi connectivity index (χ0v) is 10.9. The van der Waals surface area contributed by atoms with Crippen LogP contribution in [0.25, 0.3) is 0 Å². The minimum Gasteiger partial charge on any atom is -0.314 e. The van der Waals surface area contributed by atoms with E-state index in [1.807, 2.05) is 0 Å². The third-order valence-electron chi connectivity index (χ3n) is 4.42. The van der Waals surface area contributed by atoms with E-state index in [-0.39, 0.29) is 0 Å². The van der Waals surface area contributed by atoms with Gasteiger partial charge in [-0.05, 0) is 32.2 Å². The van der Waals surface area contributed by atoms with E-state index in [0.29, 0.717) is 0 Å². The van der Waals surface area contributed by atoms with E-state index in [2.05, 4.69) is 17.1 Å². The van der Waals surface area contributed by atoms with Crippen molar-refractivity contribution in [2.45, 2.75) is 57.9 Å². The minimum atomic E-state index is 0.750. The highest BCUT2D eigenvalue weighted by atomic mass is 15.2. The maximum atomic E-state index is 3.46. The van der Waals surface area contributed by atoms with Gasteiger partial charge in [-0.3, -0.25) is 4.90 Å². The Morgan fingerprint density at radius 2 is 2.00 bits per heavy atom.